The highest BCUT2D eigenvalue weighted by Gasteiger charge is 2.29. The van der Waals surface area contributed by atoms with Crippen molar-refractivity contribution in [2.45, 2.75) is 63.8 Å². The van der Waals surface area contributed by atoms with Gasteiger partial charge in [-0.25, -0.2) is 0 Å². The van der Waals surface area contributed by atoms with E-state index < -0.39 is 0 Å². The second-order valence-electron chi connectivity index (χ2n) is 8.12. The number of fused-ring (bicyclic) bond motifs is 1. The van der Waals surface area contributed by atoms with Crippen LogP contribution >= 0.6 is 0 Å². The number of nitrogens with one attached hydrogen (secondary N) is 1. The van der Waals surface area contributed by atoms with Crippen molar-refractivity contribution in [3.63, 3.8) is 0 Å². The summed E-state index contributed by atoms with van der Waals surface area (Å²) < 4.78 is 2.09. The Morgan fingerprint density at radius 1 is 1.25 bits per heavy atom. The summed E-state index contributed by atoms with van der Waals surface area (Å²) in [5.41, 5.74) is 2.42. The van der Waals surface area contributed by atoms with Crippen LogP contribution in [-0.2, 0) is 4.79 Å². The molecule has 0 spiro atoms. The van der Waals surface area contributed by atoms with Crippen molar-refractivity contribution in [3.05, 3.63) is 41.9 Å². The minimum atomic E-state index is -0.0728. The molecule has 1 aliphatic carbocycles. The first-order chi connectivity index (χ1) is 13.7. The number of amides is 1. The molecule has 0 bridgehead atoms. The van der Waals surface area contributed by atoms with Crippen LogP contribution in [0.25, 0.3) is 5.65 Å². The molecule has 0 radical (unpaired) electrons. The molecule has 150 valence electrons. The van der Waals surface area contributed by atoms with Gasteiger partial charge in [0.15, 0.2) is 5.65 Å². The van der Waals surface area contributed by atoms with E-state index in [0.717, 1.165) is 50.4 Å². The third-order valence-electron chi connectivity index (χ3n) is 6.29. The zero-order valence-electron chi connectivity index (χ0n) is 16.8. The fourth-order valence-electron chi connectivity index (χ4n) is 4.47. The molecule has 4 rings (SSSR count). The fourth-order valence-corrected chi connectivity index (χ4v) is 4.47. The van der Waals surface area contributed by atoms with Crippen molar-refractivity contribution in [2.75, 3.05) is 19.6 Å². The lowest BCUT2D eigenvalue weighted by Gasteiger charge is -2.34. The van der Waals surface area contributed by atoms with Crippen LogP contribution in [0.3, 0.4) is 0 Å². The topological polar surface area (TPSA) is 62.5 Å². The minimum Gasteiger partial charge on any atom is -0.354 e. The minimum absolute atomic E-state index is 0.0728. The van der Waals surface area contributed by atoms with Crippen molar-refractivity contribution in [1.29, 1.82) is 0 Å². The highest BCUT2D eigenvalue weighted by Crippen LogP contribution is 2.28. The first-order valence-corrected chi connectivity index (χ1v) is 10.7. The predicted octanol–water partition coefficient (Wildman–Crippen LogP) is 3.30. The zero-order chi connectivity index (χ0) is 19.3. The van der Waals surface area contributed by atoms with Gasteiger partial charge >= 0.3 is 0 Å². The van der Waals surface area contributed by atoms with Crippen molar-refractivity contribution < 1.29 is 4.79 Å². The maximum absolute atomic E-state index is 12.6. The fraction of sp³-hybridized carbons (Fsp3) is 0.591. The Morgan fingerprint density at radius 3 is 2.89 bits per heavy atom. The van der Waals surface area contributed by atoms with E-state index >= 15 is 0 Å². The monoisotopic (exact) mass is 381 g/mol. The third kappa shape index (κ3) is 4.27. The van der Waals surface area contributed by atoms with E-state index in [1.807, 2.05) is 31.3 Å². The summed E-state index contributed by atoms with van der Waals surface area (Å²) in [7, 11) is 0. The number of pyridine rings is 1. The molecule has 6 heteroatoms. The van der Waals surface area contributed by atoms with Crippen LogP contribution in [0, 0.1) is 0 Å². The van der Waals surface area contributed by atoms with E-state index in [1.54, 1.807) is 0 Å². The average Bonchev–Trinajstić information content (AvgIpc) is 3.18. The average molecular weight is 382 g/mol. The SMILES string of the molecule is CC(C(=O)NCCC1=CCCCC1)N1CCC(c2nnc3ccccn23)CC1. The molecule has 1 amide bonds. The molecule has 2 aliphatic rings. The number of carbonyl (C=O) groups is 1. The highest BCUT2D eigenvalue weighted by atomic mass is 16.2. The molecule has 0 aromatic carbocycles. The van der Waals surface area contributed by atoms with E-state index in [1.165, 1.54) is 31.3 Å². The number of aromatic nitrogens is 3. The van der Waals surface area contributed by atoms with Crippen LogP contribution in [0.4, 0.5) is 0 Å². The van der Waals surface area contributed by atoms with Crippen LogP contribution in [-0.4, -0.2) is 51.1 Å². The van der Waals surface area contributed by atoms with Gasteiger partial charge in [-0.15, -0.1) is 10.2 Å². The molecular formula is C22H31N5O. The van der Waals surface area contributed by atoms with E-state index in [9.17, 15) is 4.79 Å². The van der Waals surface area contributed by atoms with Crippen molar-refractivity contribution in [3.8, 4) is 0 Å². The quantitative estimate of drug-likeness (QED) is 0.780. The number of nitrogens with zero attached hydrogens (tertiary/aromatic N) is 4. The molecule has 2 aromatic rings. The molecule has 6 nitrogen and oxygen atoms in total. The number of allylic oxidation sites excluding steroid dienone is 1. The van der Waals surface area contributed by atoms with Crippen LogP contribution < -0.4 is 5.32 Å². The Hall–Kier alpha value is -2.21. The van der Waals surface area contributed by atoms with Gasteiger partial charge in [-0.05, 0) is 77.1 Å². The smallest absolute Gasteiger partial charge is 0.237 e. The molecule has 2 aromatic heterocycles. The summed E-state index contributed by atoms with van der Waals surface area (Å²) in [4.78, 5) is 14.9. The molecule has 28 heavy (non-hydrogen) atoms. The van der Waals surface area contributed by atoms with E-state index in [2.05, 4.69) is 30.9 Å². The van der Waals surface area contributed by atoms with Gasteiger partial charge in [0, 0.05) is 18.7 Å². The maximum atomic E-state index is 12.6. The summed E-state index contributed by atoms with van der Waals surface area (Å²) >= 11 is 0. The Labute approximate surface area is 167 Å². The lowest BCUT2D eigenvalue weighted by Crippen LogP contribution is -2.48. The standard InChI is InChI=1S/C22H31N5O/c1-17(22(28)23-13-10-18-7-3-2-4-8-18)26-15-11-19(12-16-26)21-25-24-20-9-5-6-14-27(20)21/h5-7,9,14,17,19H,2-4,8,10-13,15-16H2,1H3,(H,23,28). The summed E-state index contributed by atoms with van der Waals surface area (Å²) in [6.45, 7) is 4.64. The third-order valence-corrected chi connectivity index (χ3v) is 6.29. The second kappa shape index (κ2) is 8.86. The Morgan fingerprint density at radius 2 is 2.11 bits per heavy atom. The number of rotatable bonds is 6. The molecular weight excluding hydrogens is 350 g/mol. The largest absolute Gasteiger partial charge is 0.354 e. The van der Waals surface area contributed by atoms with Gasteiger partial charge in [0.25, 0.3) is 0 Å². The van der Waals surface area contributed by atoms with E-state index in [0.29, 0.717) is 5.92 Å². The van der Waals surface area contributed by atoms with Gasteiger partial charge in [-0.2, -0.15) is 0 Å². The molecule has 1 saturated heterocycles. The van der Waals surface area contributed by atoms with Crippen LogP contribution in [0.15, 0.2) is 36.0 Å². The second-order valence-corrected chi connectivity index (χ2v) is 8.12. The first-order valence-electron chi connectivity index (χ1n) is 10.7. The van der Waals surface area contributed by atoms with E-state index in [-0.39, 0.29) is 11.9 Å². The van der Waals surface area contributed by atoms with Gasteiger partial charge in [0.1, 0.15) is 5.82 Å². The lowest BCUT2D eigenvalue weighted by molar-refractivity contribution is -0.126. The maximum Gasteiger partial charge on any atom is 0.237 e. The van der Waals surface area contributed by atoms with Crippen molar-refractivity contribution in [1.82, 2.24) is 24.8 Å². The van der Waals surface area contributed by atoms with Gasteiger partial charge < -0.3 is 5.32 Å². The number of hydrogen-bond donors (Lipinski definition) is 1. The summed E-state index contributed by atoms with van der Waals surface area (Å²) in [6.07, 6.45) is 12.4. The van der Waals surface area contributed by atoms with Crippen molar-refractivity contribution >= 4 is 11.6 Å². The van der Waals surface area contributed by atoms with Gasteiger partial charge in [-0.3, -0.25) is 14.1 Å². The van der Waals surface area contributed by atoms with E-state index in [4.69, 9.17) is 0 Å². The molecule has 1 fully saturated rings. The number of hydrogen-bond acceptors (Lipinski definition) is 4. The predicted molar refractivity (Wildman–Crippen MR) is 110 cm³/mol. The molecule has 1 unspecified atom stereocenters. The molecule has 3 heterocycles. The van der Waals surface area contributed by atoms with Gasteiger partial charge in [-0.1, -0.05) is 17.7 Å². The summed E-state index contributed by atoms with van der Waals surface area (Å²) in [5.74, 6) is 1.61. The molecule has 1 aliphatic heterocycles. The van der Waals surface area contributed by atoms with Crippen LogP contribution in [0.2, 0.25) is 0 Å². The summed E-state index contributed by atoms with van der Waals surface area (Å²) in [6, 6.07) is 5.92. The normalized spacial score (nSPS) is 20.1. The highest BCUT2D eigenvalue weighted by molar-refractivity contribution is 5.81. The zero-order valence-corrected chi connectivity index (χ0v) is 16.8. The Bertz CT molecular complexity index is 834. The Balaban J connectivity index is 1.26. The Kier molecular flexibility index (Phi) is 6.05. The lowest BCUT2D eigenvalue weighted by atomic mass is 9.95. The van der Waals surface area contributed by atoms with Gasteiger partial charge in [0.05, 0.1) is 6.04 Å². The first kappa shape index (κ1) is 19.1. The van der Waals surface area contributed by atoms with Crippen molar-refractivity contribution in [2.24, 2.45) is 0 Å². The van der Waals surface area contributed by atoms with Crippen LogP contribution in [0.5, 0.6) is 0 Å². The summed E-state index contributed by atoms with van der Waals surface area (Å²) in [5, 5.41) is 11.8. The van der Waals surface area contributed by atoms with Gasteiger partial charge in [0.2, 0.25) is 5.91 Å². The molecule has 0 saturated carbocycles. The molecule has 1 N–H and O–H groups in total. The number of carbonyl (C=O) groups excluding carboxylic acids is 1. The van der Waals surface area contributed by atoms with Crippen LogP contribution in [0.1, 0.15) is 63.6 Å². The number of likely N-dealkylation sites (tertiary alicyclic amines) is 1. The number of piperidine rings is 1. The molecule has 1 atom stereocenters.